The Balaban J connectivity index is 0.944. The number of rotatable bonds is 4. The SMILES string of the molecule is c1cc(-c2ccc3oc4ccccc4c3c2)cc(-c2ccc3c4ccc(-c5cccc(-c6ccc7oc8ccccc8c7c6)c5)cc4c4ccccc4c3c2)c1. The average Bonchev–Trinajstić information content (AvgIpc) is 3.84. The molecule has 260 valence electrons. The van der Waals surface area contributed by atoms with Crippen LogP contribution in [0.4, 0.5) is 0 Å². The van der Waals surface area contributed by atoms with Crippen LogP contribution in [0.25, 0.3) is 121 Å². The molecule has 56 heavy (non-hydrogen) atoms. The second kappa shape index (κ2) is 12.0. The van der Waals surface area contributed by atoms with Gasteiger partial charge in [0.2, 0.25) is 0 Å². The Morgan fingerprint density at radius 2 is 0.482 bits per heavy atom. The Kier molecular flexibility index (Phi) is 6.66. The van der Waals surface area contributed by atoms with Crippen molar-refractivity contribution in [1.29, 1.82) is 0 Å². The zero-order valence-corrected chi connectivity index (χ0v) is 30.3. The first kappa shape index (κ1) is 31.0. The summed E-state index contributed by atoms with van der Waals surface area (Å²) in [5.41, 5.74) is 13.2. The van der Waals surface area contributed by atoms with Crippen LogP contribution in [0.5, 0.6) is 0 Å². The first-order chi connectivity index (χ1) is 27.7. The van der Waals surface area contributed by atoms with Crippen molar-refractivity contribution in [3.63, 3.8) is 0 Å². The van der Waals surface area contributed by atoms with E-state index in [9.17, 15) is 0 Å². The molecule has 0 aliphatic carbocycles. The van der Waals surface area contributed by atoms with Crippen molar-refractivity contribution in [2.45, 2.75) is 0 Å². The Bertz CT molecular complexity index is 3290. The van der Waals surface area contributed by atoms with Crippen molar-refractivity contribution in [3.05, 3.63) is 194 Å². The number of fused-ring (bicyclic) bond motifs is 12. The van der Waals surface area contributed by atoms with Crippen LogP contribution in [-0.2, 0) is 0 Å². The number of para-hydroxylation sites is 2. The first-order valence-electron chi connectivity index (χ1n) is 19.1. The predicted octanol–water partition coefficient (Wildman–Crippen LogP) is 15.6. The van der Waals surface area contributed by atoms with Crippen molar-refractivity contribution in [3.8, 4) is 44.5 Å². The third kappa shape index (κ3) is 4.83. The Labute approximate surface area is 322 Å². The normalized spacial score (nSPS) is 11.9. The van der Waals surface area contributed by atoms with Crippen LogP contribution < -0.4 is 0 Å². The zero-order valence-electron chi connectivity index (χ0n) is 30.3. The molecule has 0 N–H and O–H groups in total. The van der Waals surface area contributed by atoms with Gasteiger partial charge in [-0.15, -0.1) is 0 Å². The van der Waals surface area contributed by atoms with Gasteiger partial charge in [0, 0.05) is 21.5 Å². The molecule has 0 fully saturated rings. The molecule has 0 saturated carbocycles. The molecule has 0 aliphatic rings. The van der Waals surface area contributed by atoms with E-state index in [2.05, 4.69) is 170 Å². The molecule has 0 saturated heterocycles. The van der Waals surface area contributed by atoms with Crippen LogP contribution in [0.2, 0.25) is 0 Å². The minimum Gasteiger partial charge on any atom is -0.456 e. The van der Waals surface area contributed by atoms with Gasteiger partial charge in [0.1, 0.15) is 22.3 Å². The van der Waals surface area contributed by atoms with E-state index in [1.807, 2.05) is 24.3 Å². The molecule has 12 rings (SSSR count). The standard InChI is InChI=1S/C54H32O2/c1-2-14-42-41(13-1)47-29-37(33-9-7-11-35(27-33)39-21-25-53-49(31-39)45-15-3-5-17-51(45)55-53)19-23-43(47)44-24-20-38(30-48(42)44)34-10-8-12-36(28-34)40-22-26-54-50(32-40)46-16-4-6-18-52(46)56-54/h1-32H. The largest absolute Gasteiger partial charge is 0.456 e. The lowest BCUT2D eigenvalue weighted by molar-refractivity contribution is 0.668. The monoisotopic (exact) mass is 712 g/mol. The van der Waals surface area contributed by atoms with E-state index in [0.29, 0.717) is 0 Å². The summed E-state index contributed by atoms with van der Waals surface area (Å²) in [6, 6.07) is 70.1. The molecule has 2 nitrogen and oxygen atoms in total. The van der Waals surface area contributed by atoms with Crippen LogP contribution >= 0.6 is 0 Å². The molecule has 2 aromatic heterocycles. The molecule has 12 aromatic rings. The zero-order chi connectivity index (χ0) is 36.7. The molecule has 10 aromatic carbocycles. The molecule has 0 radical (unpaired) electrons. The highest BCUT2D eigenvalue weighted by Gasteiger charge is 2.14. The summed E-state index contributed by atoms with van der Waals surface area (Å²) in [7, 11) is 0. The van der Waals surface area contributed by atoms with Gasteiger partial charge in [0.15, 0.2) is 0 Å². The summed E-state index contributed by atoms with van der Waals surface area (Å²) in [6.45, 7) is 0. The summed E-state index contributed by atoms with van der Waals surface area (Å²) in [5, 5.41) is 12.1. The molecular weight excluding hydrogens is 681 g/mol. The van der Waals surface area contributed by atoms with Crippen molar-refractivity contribution < 1.29 is 8.83 Å². The van der Waals surface area contributed by atoms with Crippen molar-refractivity contribution in [1.82, 2.24) is 0 Å². The van der Waals surface area contributed by atoms with E-state index < -0.39 is 0 Å². The molecule has 0 spiro atoms. The Morgan fingerprint density at radius 3 is 0.911 bits per heavy atom. The van der Waals surface area contributed by atoms with E-state index in [-0.39, 0.29) is 0 Å². The first-order valence-corrected chi connectivity index (χ1v) is 19.1. The highest BCUT2D eigenvalue weighted by molar-refractivity contribution is 6.26. The lowest BCUT2D eigenvalue weighted by Crippen LogP contribution is -1.87. The van der Waals surface area contributed by atoms with Gasteiger partial charge in [-0.25, -0.2) is 0 Å². The minimum atomic E-state index is 0.915. The van der Waals surface area contributed by atoms with Crippen LogP contribution in [0.15, 0.2) is 203 Å². The quantitative estimate of drug-likeness (QED) is 0.170. The lowest BCUT2D eigenvalue weighted by atomic mass is 9.89. The molecular formula is C54H32O2. The minimum absolute atomic E-state index is 0.915. The molecule has 0 atom stereocenters. The maximum Gasteiger partial charge on any atom is 0.135 e. The van der Waals surface area contributed by atoms with Gasteiger partial charge in [0.05, 0.1) is 0 Å². The third-order valence-corrected chi connectivity index (χ3v) is 11.6. The van der Waals surface area contributed by atoms with Crippen molar-refractivity contribution in [2.75, 3.05) is 0 Å². The molecule has 2 heterocycles. The molecule has 2 heteroatoms. The maximum absolute atomic E-state index is 6.11. The van der Waals surface area contributed by atoms with Gasteiger partial charge in [-0.1, -0.05) is 133 Å². The third-order valence-electron chi connectivity index (χ3n) is 11.6. The van der Waals surface area contributed by atoms with Gasteiger partial charge in [-0.3, -0.25) is 0 Å². The number of benzene rings is 10. The van der Waals surface area contributed by atoms with Gasteiger partial charge in [0.25, 0.3) is 0 Å². The van der Waals surface area contributed by atoms with Crippen molar-refractivity contribution >= 4 is 76.2 Å². The number of hydrogen-bond acceptors (Lipinski definition) is 2. The Morgan fingerprint density at radius 1 is 0.179 bits per heavy atom. The van der Waals surface area contributed by atoms with Crippen LogP contribution in [0, 0.1) is 0 Å². The van der Waals surface area contributed by atoms with Crippen molar-refractivity contribution in [2.24, 2.45) is 0 Å². The highest BCUT2D eigenvalue weighted by Crippen LogP contribution is 2.41. The van der Waals surface area contributed by atoms with E-state index in [0.717, 1.165) is 43.9 Å². The molecule has 0 unspecified atom stereocenters. The second-order valence-electron chi connectivity index (χ2n) is 14.8. The van der Waals surface area contributed by atoms with Crippen LogP contribution in [-0.4, -0.2) is 0 Å². The topological polar surface area (TPSA) is 26.3 Å². The summed E-state index contributed by atoms with van der Waals surface area (Å²) in [6.07, 6.45) is 0. The summed E-state index contributed by atoms with van der Waals surface area (Å²) in [4.78, 5) is 0. The molecule has 0 bridgehead atoms. The molecule has 0 aliphatic heterocycles. The van der Waals surface area contributed by atoms with Crippen LogP contribution in [0.1, 0.15) is 0 Å². The van der Waals surface area contributed by atoms with E-state index >= 15 is 0 Å². The predicted molar refractivity (Wildman–Crippen MR) is 235 cm³/mol. The number of furan rings is 2. The number of hydrogen-bond donors (Lipinski definition) is 0. The molecule has 0 amide bonds. The second-order valence-corrected chi connectivity index (χ2v) is 14.8. The van der Waals surface area contributed by atoms with Gasteiger partial charge in [-0.2, -0.15) is 0 Å². The Hall–Kier alpha value is -7.42. The fourth-order valence-electron chi connectivity index (χ4n) is 8.88. The highest BCUT2D eigenvalue weighted by atomic mass is 16.3. The van der Waals surface area contributed by atoms with Gasteiger partial charge in [-0.05, 0) is 137 Å². The van der Waals surface area contributed by atoms with Gasteiger partial charge < -0.3 is 8.83 Å². The maximum atomic E-state index is 6.11. The van der Waals surface area contributed by atoms with E-state index in [4.69, 9.17) is 8.83 Å². The van der Waals surface area contributed by atoms with Gasteiger partial charge >= 0.3 is 0 Å². The fraction of sp³-hybridized carbons (Fsp3) is 0. The fourth-order valence-corrected chi connectivity index (χ4v) is 8.88. The summed E-state index contributed by atoms with van der Waals surface area (Å²) >= 11 is 0. The van der Waals surface area contributed by atoms with E-state index in [1.165, 1.54) is 76.8 Å². The summed E-state index contributed by atoms with van der Waals surface area (Å²) in [5.74, 6) is 0. The summed E-state index contributed by atoms with van der Waals surface area (Å²) < 4.78 is 12.2. The lowest BCUT2D eigenvalue weighted by Gasteiger charge is -2.14. The average molecular weight is 713 g/mol. The smallest absolute Gasteiger partial charge is 0.135 e. The van der Waals surface area contributed by atoms with E-state index in [1.54, 1.807) is 0 Å². The van der Waals surface area contributed by atoms with Crippen LogP contribution in [0.3, 0.4) is 0 Å².